The van der Waals surface area contributed by atoms with E-state index in [1.807, 2.05) is 49.1 Å². The van der Waals surface area contributed by atoms with Gasteiger partial charge in [0.1, 0.15) is 17.3 Å². The van der Waals surface area contributed by atoms with Gasteiger partial charge in [0.05, 0.1) is 23.0 Å². The van der Waals surface area contributed by atoms with Crippen molar-refractivity contribution in [3.63, 3.8) is 0 Å². The average molecular weight is 595 g/mol. The van der Waals surface area contributed by atoms with Crippen LogP contribution in [0.1, 0.15) is 42.2 Å². The Kier molecular flexibility index (Phi) is 9.86. The zero-order valence-electron chi connectivity index (χ0n) is 22.5. The van der Waals surface area contributed by atoms with E-state index in [-0.39, 0.29) is 11.4 Å². The van der Waals surface area contributed by atoms with E-state index in [9.17, 15) is 19.1 Å². The van der Waals surface area contributed by atoms with Crippen molar-refractivity contribution in [2.45, 2.75) is 26.3 Å². The first kappa shape index (κ1) is 29.9. The lowest BCUT2D eigenvalue weighted by Crippen LogP contribution is -2.32. The van der Waals surface area contributed by atoms with Crippen LogP contribution in [0, 0.1) is 5.82 Å². The summed E-state index contributed by atoms with van der Waals surface area (Å²) in [5.41, 5.74) is 3.46. The van der Waals surface area contributed by atoms with Crippen LogP contribution in [-0.2, 0) is 4.79 Å². The largest absolute Gasteiger partial charge is 0.481 e. The Morgan fingerprint density at radius 2 is 1.61 bits per heavy atom. The van der Waals surface area contributed by atoms with Crippen LogP contribution in [-0.4, -0.2) is 30.1 Å². The summed E-state index contributed by atoms with van der Waals surface area (Å²) in [5, 5.41) is 12.9. The fourth-order valence-corrected chi connectivity index (χ4v) is 4.86. The summed E-state index contributed by atoms with van der Waals surface area (Å²) in [6, 6.07) is 23.1. The fraction of sp³-hybridized carbons (Fsp3) is 0.188. The van der Waals surface area contributed by atoms with Gasteiger partial charge in [0.25, 0.3) is 5.91 Å². The second kappa shape index (κ2) is 13.5. The standard InChI is InChI=1S/C32H29Cl2FN2O4/c1-3-37(4-2)30-15-12-23(33)17-26(30)32(40)36-29(19-31(38)39)21-10-8-20(9-11-21)22-6-5-7-24(16-22)41-25-13-14-28(35)27(34)18-25/h5-18,29H,3-4,19H2,1-2H3,(H,36,40)(H,38,39). The van der Waals surface area contributed by atoms with Gasteiger partial charge in [-0.2, -0.15) is 0 Å². The van der Waals surface area contributed by atoms with Gasteiger partial charge in [-0.3, -0.25) is 9.59 Å². The molecule has 1 unspecified atom stereocenters. The minimum atomic E-state index is -1.04. The number of carboxylic acid groups (broad SMARTS) is 1. The molecule has 4 rings (SSSR count). The van der Waals surface area contributed by atoms with Crippen LogP contribution < -0.4 is 15.0 Å². The minimum Gasteiger partial charge on any atom is -0.481 e. The highest BCUT2D eigenvalue weighted by Gasteiger charge is 2.22. The number of carbonyl (C=O) groups is 2. The first-order valence-corrected chi connectivity index (χ1v) is 13.8. The summed E-state index contributed by atoms with van der Waals surface area (Å²) < 4.78 is 19.3. The Labute approximate surface area is 248 Å². The molecule has 1 atom stereocenters. The number of nitrogens with one attached hydrogen (secondary N) is 1. The first-order valence-electron chi connectivity index (χ1n) is 13.1. The molecular formula is C32H29Cl2FN2O4. The molecule has 0 aliphatic carbocycles. The summed E-state index contributed by atoms with van der Waals surface area (Å²) in [5.74, 6) is -1.03. The molecule has 0 aliphatic rings. The van der Waals surface area contributed by atoms with Gasteiger partial charge >= 0.3 is 5.97 Å². The molecular weight excluding hydrogens is 566 g/mol. The lowest BCUT2D eigenvalue weighted by Gasteiger charge is -2.25. The number of carboxylic acids is 1. The third kappa shape index (κ3) is 7.57. The summed E-state index contributed by atoms with van der Waals surface area (Å²) >= 11 is 12.1. The van der Waals surface area contributed by atoms with Crippen molar-refractivity contribution < 1.29 is 23.8 Å². The predicted molar refractivity (Wildman–Crippen MR) is 161 cm³/mol. The maximum atomic E-state index is 13.5. The molecule has 2 N–H and O–H groups in total. The number of aliphatic carboxylic acids is 1. The Morgan fingerprint density at radius 1 is 0.902 bits per heavy atom. The van der Waals surface area contributed by atoms with Gasteiger partial charge in [-0.05, 0) is 73.0 Å². The second-order valence-electron chi connectivity index (χ2n) is 9.29. The molecule has 0 aliphatic heterocycles. The molecule has 0 aromatic heterocycles. The highest BCUT2D eigenvalue weighted by molar-refractivity contribution is 6.31. The predicted octanol–water partition coefficient (Wildman–Crippen LogP) is 8.38. The van der Waals surface area contributed by atoms with Crippen molar-refractivity contribution in [3.05, 3.63) is 112 Å². The van der Waals surface area contributed by atoms with E-state index >= 15 is 0 Å². The van der Waals surface area contributed by atoms with Gasteiger partial charge < -0.3 is 20.1 Å². The van der Waals surface area contributed by atoms with Gasteiger partial charge in [-0.25, -0.2) is 4.39 Å². The van der Waals surface area contributed by atoms with E-state index in [1.54, 1.807) is 36.4 Å². The maximum Gasteiger partial charge on any atom is 0.305 e. The van der Waals surface area contributed by atoms with E-state index in [1.165, 1.54) is 18.2 Å². The number of rotatable bonds is 11. The molecule has 0 heterocycles. The molecule has 1 amide bonds. The van der Waals surface area contributed by atoms with Crippen molar-refractivity contribution in [2.75, 3.05) is 18.0 Å². The van der Waals surface area contributed by atoms with Crippen LogP contribution in [0.2, 0.25) is 10.0 Å². The van der Waals surface area contributed by atoms with Crippen molar-refractivity contribution >= 4 is 40.8 Å². The molecule has 6 nitrogen and oxygen atoms in total. The zero-order chi connectivity index (χ0) is 29.5. The monoisotopic (exact) mass is 594 g/mol. The molecule has 0 saturated heterocycles. The smallest absolute Gasteiger partial charge is 0.305 e. The SMILES string of the molecule is CCN(CC)c1ccc(Cl)cc1C(=O)NC(CC(=O)O)c1ccc(-c2cccc(Oc3ccc(F)c(Cl)c3)c2)cc1. The number of halogens is 3. The highest BCUT2D eigenvalue weighted by Crippen LogP contribution is 2.31. The first-order chi connectivity index (χ1) is 19.7. The number of hydrogen-bond donors (Lipinski definition) is 2. The van der Waals surface area contributed by atoms with Gasteiger partial charge in [-0.1, -0.05) is 59.6 Å². The van der Waals surface area contributed by atoms with Crippen LogP contribution >= 0.6 is 23.2 Å². The second-order valence-corrected chi connectivity index (χ2v) is 10.1. The molecule has 0 bridgehead atoms. The lowest BCUT2D eigenvalue weighted by atomic mass is 9.98. The molecule has 212 valence electrons. The Morgan fingerprint density at radius 3 is 2.27 bits per heavy atom. The summed E-state index contributed by atoms with van der Waals surface area (Å²) in [7, 11) is 0. The van der Waals surface area contributed by atoms with Gasteiger partial charge in [0.15, 0.2) is 0 Å². The molecule has 9 heteroatoms. The number of carbonyl (C=O) groups excluding carboxylic acids is 1. The third-order valence-corrected chi connectivity index (χ3v) is 7.12. The number of anilines is 1. The van der Waals surface area contributed by atoms with Gasteiger partial charge in [0.2, 0.25) is 0 Å². The van der Waals surface area contributed by atoms with Crippen molar-refractivity contribution in [1.29, 1.82) is 0 Å². The van der Waals surface area contributed by atoms with Crippen molar-refractivity contribution in [1.82, 2.24) is 5.32 Å². The van der Waals surface area contributed by atoms with Crippen molar-refractivity contribution in [3.8, 4) is 22.6 Å². The Hall–Kier alpha value is -4.07. The topological polar surface area (TPSA) is 78.9 Å². The number of nitrogens with zero attached hydrogens (tertiary/aromatic N) is 1. The molecule has 4 aromatic rings. The van der Waals surface area contributed by atoms with Crippen LogP contribution in [0.4, 0.5) is 10.1 Å². The van der Waals surface area contributed by atoms with Crippen LogP contribution in [0.15, 0.2) is 84.9 Å². The normalized spacial score (nSPS) is 11.5. The van der Waals surface area contributed by atoms with E-state index in [0.717, 1.165) is 16.8 Å². The number of ether oxygens (including phenoxy) is 1. The molecule has 41 heavy (non-hydrogen) atoms. The molecule has 0 radical (unpaired) electrons. The van der Waals surface area contributed by atoms with Gasteiger partial charge in [-0.15, -0.1) is 0 Å². The van der Waals surface area contributed by atoms with Crippen molar-refractivity contribution in [2.24, 2.45) is 0 Å². The Bertz CT molecular complexity index is 1540. The summed E-state index contributed by atoms with van der Waals surface area (Å²) in [6.07, 6.45) is -0.296. The Balaban J connectivity index is 1.56. The third-order valence-electron chi connectivity index (χ3n) is 6.60. The summed E-state index contributed by atoms with van der Waals surface area (Å²) in [4.78, 5) is 27.2. The molecule has 0 spiro atoms. The lowest BCUT2D eigenvalue weighted by molar-refractivity contribution is -0.137. The average Bonchev–Trinajstić information content (AvgIpc) is 2.96. The summed E-state index contributed by atoms with van der Waals surface area (Å²) in [6.45, 7) is 5.38. The van der Waals surface area contributed by atoms with E-state index in [2.05, 4.69) is 5.32 Å². The number of benzene rings is 4. The molecule has 0 saturated carbocycles. The van der Waals surface area contributed by atoms with Crippen LogP contribution in [0.5, 0.6) is 11.5 Å². The van der Waals surface area contributed by atoms with Crippen LogP contribution in [0.25, 0.3) is 11.1 Å². The van der Waals surface area contributed by atoms with E-state index < -0.39 is 23.7 Å². The molecule has 0 fully saturated rings. The number of amides is 1. The number of hydrogen-bond acceptors (Lipinski definition) is 4. The molecule has 4 aromatic carbocycles. The van der Waals surface area contributed by atoms with E-state index in [0.29, 0.717) is 40.7 Å². The quantitative estimate of drug-likeness (QED) is 0.182. The highest BCUT2D eigenvalue weighted by atomic mass is 35.5. The fourth-order valence-electron chi connectivity index (χ4n) is 4.52. The minimum absolute atomic E-state index is 0.0307. The van der Waals surface area contributed by atoms with Crippen LogP contribution in [0.3, 0.4) is 0 Å². The van der Waals surface area contributed by atoms with E-state index in [4.69, 9.17) is 27.9 Å². The zero-order valence-corrected chi connectivity index (χ0v) is 24.0. The van der Waals surface area contributed by atoms with Gasteiger partial charge in [0, 0.05) is 29.9 Å². The maximum absolute atomic E-state index is 13.5.